The number of pyridine rings is 1. The molecule has 0 spiro atoms. The molecule has 3 aromatic carbocycles. The minimum absolute atomic E-state index is 0.123. The number of fused-ring (bicyclic) bond motifs is 1. The Hall–Kier alpha value is -5.36. The number of nitro groups is 1. The van der Waals surface area contributed by atoms with Crippen molar-refractivity contribution in [3.05, 3.63) is 111 Å². The van der Waals surface area contributed by atoms with Crippen LogP contribution in [0.25, 0.3) is 17.1 Å². The van der Waals surface area contributed by atoms with E-state index in [2.05, 4.69) is 37.4 Å². The van der Waals surface area contributed by atoms with E-state index in [1.807, 2.05) is 36.4 Å². The van der Waals surface area contributed by atoms with E-state index in [9.17, 15) is 10.1 Å². The molecular weight excluding hydrogens is 574 g/mol. The minimum Gasteiger partial charge on any atom is -0.493 e. The van der Waals surface area contributed by atoms with Crippen LogP contribution in [0.15, 0.2) is 79.1 Å². The summed E-state index contributed by atoms with van der Waals surface area (Å²) in [6.07, 6.45) is 6.00. The summed E-state index contributed by atoms with van der Waals surface area (Å²) in [6, 6.07) is 20.5. The van der Waals surface area contributed by atoms with Crippen LogP contribution >= 0.6 is 0 Å². The molecular formula is C33H33N7O5. The predicted molar refractivity (Wildman–Crippen MR) is 167 cm³/mol. The third kappa shape index (κ3) is 6.91. The van der Waals surface area contributed by atoms with Crippen LogP contribution in [0.5, 0.6) is 17.2 Å². The van der Waals surface area contributed by atoms with E-state index < -0.39 is 4.92 Å². The third-order valence-corrected chi connectivity index (χ3v) is 7.88. The summed E-state index contributed by atoms with van der Waals surface area (Å²) in [6.45, 7) is 3.16. The molecule has 1 aliphatic rings. The van der Waals surface area contributed by atoms with E-state index in [1.165, 1.54) is 27.6 Å². The molecule has 0 fully saturated rings. The maximum Gasteiger partial charge on any atom is 0.280 e. The van der Waals surface area contributed by atoms with Gasteiger partial charge in [0.05, 0.1) is 31.4 Å². The van der Waals surface area contributed by atoms with Crippen molar-refractivity contribution in [2.45, 2.75) is 25.8 Å². The highest BCUT2D eigenvalue weighted by Gasteiger charge is 2.22. The van der Waals surface area contributed by atoms with Gasteiger partial charge in [-0.15, -0.1) is 15.0 Å². The van der Waals surface area contributed by atoms with Crippen molar-refractivity contribution in [2.24, 2.45) is 0 Å². The Morgan fingerprint density at radius 3 is 2.47 bits per heavy atom. The number of ether oxygens (including phenoxy) is 3. The van der Waals surface area contributed by atoms with Gasteiger partial charge in [0, 0.05) is 44.5 Å². The third-order valence-electron chi connectivity index (χ3n) is 7.88. The SMILES string of the molecule is COc1cc2c(cc1OC)CN(CCc1ccc(-n3nnc(-c4cc(OCCc5cccnc5)ccc4[N+](=O)[O-])n3)cc1)CC2. The highest BCUT2D eigenvalue weighted by atomic mass is 16.6. The second-order valence-corrected chi connectivity index (χ2v) is 10.7. The van der Waals surface area contributed by atoms with Gasteiger partial charge in [-0.2, -0.15) is 0 Å². The highest BCUT2D eigenvalue weighted by Crippen LogP contribution is 2.34. The Morgan fingerprint density at radius 2 is 1.73 bits per heavy atom. The molecule has 45 heavy (non-hydrogen) atoms. The normalized spacial score (nSPS) is 12.8. The molecule has 0 radical (unpaired) electrons. The van der Waals surface area contributed by atoms with Crippen LogP contribution < -0.4 is 14.2 Å². The molecule has 6 rings (SSSR count). The molecule has 1 aliphatic heterocycles. The zero-order valence-corrected chi connectivity index (χ0v) is 25.1. The molecule has 0 saturated carbocycles. The van der Waals surface area contributed by atoms with Gasteiger partial charge in [0.2, 0.25) is 5.82 Å². The van der Waals surface area contributed by atoms with Crippen LogP contribution in [0.4, 0.5) is 5.69 Å². The molecule has 3 heterocycles. The zero-order valence-electron chi connectivity index (χ0n) is 25.1. The van der Waals surface area contributed by atoms with Crippen molar-refractivity contribution in [1.82, 2.24) is 30.1 Å². The van der Waals surface area contributed by atoms with Gasteiger partial charge < -0.3 is 14.2 Å². The molecule has 12 heteroatoms. The van der Waals surface area contributed by atoms with Crippen molar-refractivity contribution in [2.75, 3.05) is 33.9 Å². The number of benzene rings is 3. The monoisotopic (exact) mass is 607 g/mol. The topological polar surface area (TPSA) is 131 Å². The van der Waals surface area contributed by atoms with Crippen molar-refractivity contribution in [3.8, 4) is 34.3 Å². The van der Waals surface area contributed by atoms with E-state index in [0.717, 1.165) is 49.5 Å². The van der Waals surface area contributed by atoms with Crippen LogP contribution in [-0.2, 0) is 25.8 Å². The Labute approximate surface area is 260 Å². The number of nitro benzene ring substituents is 1. The first kappa shape index (κ1) is 29.7. The minimum atomic E-state index is -0.460. The quantitative estimate of drug-likeness (QED) is 0.143. The molecule has 0 bridgehead atoms. The fraction of sp³-hybridized carbons (Fsp3) is 0.273. The summed E-state index contributed by atoms with van der Waals surface area (Å²) < 4.78 is 16.8. The van der Waals surface area contributed by atoms with Crippen LogP contribution in [0, 0.1) is 10.1 Å². The van der Waals surface area contributed by atoms with Gasteiger partial charge in [-0.1, -0.05) is 18.2 Å². The Kier molecular flexibility index (Phi) is 8.92. The summed E-state index contributed by atoms with van der Waals surface area (Å²) in [5.41, 5.74) is 5.61. The van der Waals surface area contributed by atoms with E-state index >= 15 is 0 Å². The first-order chi connectivity index (χ1) is 22.0. The van der Waals surface area contributed by atoms with Crippen molar-refractivity contribution >= 4 is 5.69 Å². The smallest absolute Gasteiger partial charge is 0.280 e. The summed E-state index contributed by atoms with van der Waals surface area (Å²) in [5.74, 6) is 2.15. The average molecular weight is 608 g/mol. The predicted octanol–water partition coefficient (Wildman–Crippen LogP) is 4.87. The molecule has 0 amide bonds. The Morgan fingerprint density at radius 1 is 0.933 bits per heavy atom. The van der Waals surface area contributed by atoms with E-state index in [-0.39, 0.29) is 17.1 Å². The van der Waals surface area contributed by atoms with Crippen molar-refractivity contribution in [1.29, 1.82) is 0 Å². The second-order valence-electron chi connectivity index (χ2n) is 10.7. The molecule has 0 unspecified atom stereocenters. The first-order valence-electron chi connectivity index (χ1n) is 14.7. The summed E-state index contributed by atoms with van der Waals surface area (Å²) >= 11 is 0. The number of tetrazole rings is 1. The highest BCUT2D eigenvalue weighted by molar-refractivity contribution is 5.69. The number of hydrogen-bond acceptors (Lipinski definition) is 10. The Balaban J connectivity index is 1.09. The maximum atomic E-state index is 11.8. The maximum absolute atomic E-state index is 11.8. The van der Waals surface area contributed by atoms with Gasteiger partial charge in [0.15, 0.2) is 11.5 Å². The molecule has 230 valence electrons. The molecule has 12 nitrogen and oxygen atoms in total. The van der Waals surface area contributed by atoms with Gasteiger partial charge in [0.25, 0.3) is 5.69 Å². The van der Waals surface area contributed by atoms with Crippen LogP contribution in [-0.4, -0.2) is 68.9 Å². The number of hydrogen-bond donors (Lipinski definition) is 0. The van der Waals surface area contributed by atoms with Crippen LogP contribution in [0.1, 0.15) is 22.3 Å². The molecule has 0 N–H and O–H groups in total. The average Bonchev–Trinajstić information content (AvgIpc) is 3.57. The lowest BCUT2D eigenvalue weighted by Gasteiger charge is -2.29. The molecule has 0 saturated heterocycles. The zero-order chi connectivity index (χ0) is 31.2. The fourth-order valence-electron chi connectivity index (χ4n) is 5.42. The van der Waals surface area contributed by atoms with E-state index in [1.54, 1.807) is 38.7 Å². The summed E-state index contributed by atoms with van der Waals surface area (Å²) in [4.78, 5) is 19.2. The lowest BCUT2D eigenvalue weighted by molar-refractivity contribution is -0.384. The fourth-order valence-corrected chi connectivity index (χ4v) is 5.42. The van der Waals surface area contributed by atoms with Gasteiger partial charge in [-0.05, 0) is 82.8 Å². The number of methoxy groups -OCH3 is 2. The van der Waals surface area contributed by atoms with E-state index in [4.69, 9.17) is 14.2 Å². The molecule has 0 aliphatic carbocycles. The largest absolute Gasteiger partial charge is 0.493 e. The molecule has 0 atom stereocenters. The number of nitrogens with zero attached hydrogens (tertiary/aromatic N) is 7. The lowest BCUT2D eigenvalue weighted by Crippen LogP contribution is -2.32. The van der Waals surface area contributed by atoms with Gasteiger partial charge >= 0.3 is 0 Å². The van der Waals surface area contributed by atoms with Gasteiger partial charge in [-0.25, -0.2) is 0 Å². The lowest BCUT2D eigenvalue weighted by atomic mass is 9.98. The van der Waals surface area contributed by atoms with Crippen LogP contribution in [0.3, 0.4) is 0 Å². The van der Waals surface area contributed by atoms with E-state index in [0.29, 0.717) is 24.5 Å². The Bertz CT molecular complexity index is 1780. The van der Waals surface area contributed by atoms with Gasteiger partial charge in [0.1, 0.15) is 11.3 Å². The first-order valence-corrected chi connectivity index (χ1v) is 14.7. The standard InChI is InChI=1S/C33H33N7O5/c1-43-31-18-25-12-16-38(22-26(25)19-32(31)44-2)15-11-23-5-7-27(8-6-23)39-36-33(35-37-39)29-20-28(9-10-30(29)40(41)42)45-17-13-24-4-3-14-34-21-24/h3-10,14,18-21H,11-13,15-17,22H2,1-2H3. The van der Waals surface area contributed by atoms with Crippen LogP contribution in [0.2, 0.25) is 0 Å². The summed E-state index contributed by atoms with van der Waals surface area (Å²) in [5, 5.41) is 24.5. The second kappa shape index (κ2) is 13.5. The molecule has 2 aromatic heterocycles. The van der Waals surface area contributed by atoms with Gasteiger partial charge in [-0.3, -0.25) is 20.0 Å². The van der Waals surface area contributed by atoms with Crippen molar-refractivity contribution in [3.63, 3.8) is 0 Å². The number of rotatable bonds is 12. The summed E-state index contributed by atoms with van der Waals surface area (Å²) in [7, 11) is 3.32. The molecule has 5 aromatic rings. The number of aromatic nitrogens is 5. The van der Waals surface area contributed by atoms with Crippen molar-refractivity contribution < 1.29 is 19.1 Å².